The van der Waals surface area contributed by atoms with Gasteiger partial charge in [0.25, 0.3) is 15.6 Å². The van der Waals surface area contributed by atoms with Crippen molar-refractivity contribution in [2.45, 2.75) is 17.7 Å². The highest BCUT2D eigenvalue weighted by atomic mass is 35.5. The summed E-state index contributed by atoms with van der Waals surface area (Å²) in [5.41, 5.74) is 0.455. The van der Waals surface area contributed by atoms with Gasteiger partial charge in [-0.25, -0.2) is 22.8 Å². The molecule has 0 saturated carbocycles. The number of H-pyrrole nitrogens is 1. The van der Waals surface area contributed by atoms with E-state index in [-0.39, 0.29) is 26.6 Å². The molecule has 2 aromatic heterocycles. The zero-order valence-corrected chi connectivity index (χ0v) is 18.2. The molecule has 3 heterocycles. The summed E-state index contributed by atoms with van der Waals surface area (Å²) in [5.74, 6) is 0. The number of hydrogen-bond donors (Lipinski definition) is 1. The first-order valence-corrected chi connectivity index (χ1v) is 11.7. The van der Waals surface area contributed by atoms with Gasteiger partial charge < -0.3 is 0 Å². The molecular formula is C22H17ClN4O4S. The first-order valence-electron chi connectivity index (χ1n) is 9.88. The minimum Gasteiger partial charge on any atom is -0.273 e. The average molecular weight is 469 g/mol. The molecule has 0 fully saturated rings. The molecule has 1 N–H and O–H groups in total. The van der Waals surface area contributed by atoms with Crippen LogP contribution in [0.3, 0.4) is 0 Å². The van der Waals surface area contributed by atoms with E-state index in [0.29, 0.717) is 18.7 Å². The SMILES string of the molecule is O=c1[nH]c(=O)n(-c2cc(S(=O)(=O)N3CCCc4ccccc43)ccc2Cl)c2ncccc12. The van der Waals surface area contributed by atoms with Crippen molar-refractivity contribution in [1.29, 1.82) is 0 Å². The van der Waals surface area contributed by atoms with Gasteiger partial charge >= 0.3 is 5.69 Å². The number of rotatable bonds is 3. The number of halogens is 1. The van der Waals surface area contributed by atoms with E-state index in [1.165, 1.54) is 34.8 Å². The monoisotopic (exact) mass is 468 g/mol. The highest BCUT2D eigenvalue weighted by Gasteiger charge is 2.29. The molecule has 10 heteroatoms. The van der Waals surface area contributed by atoms with E-state index in [4.69, 9.17) is 11.6 Å². The molecule has 1 aliphatic rings. The molecular weight excluding hydrogens is 452 g/mol. The van der Waals surface area contributed by atoms with Gasteiger partial charge in [-0.15, -0.1) is 0 Å². The summed E-state index contributed by atoms with van der Waals surface area (Å²) in [7, 11) is -3.93. The van der Waals surface area contributed by atoms with Gasteiger partial charge in [0.1, 0.15) is 0 Å². The maximum Gasteiger partial charge on any atom is 0.334 e. The van der Waals surface area contributed by atoms with Gasteiger partial charge in [-0.3, -0.25) is 14.1 Å². The van der Waals surface area contributed by atoms with Crippen LogP contribution in [-0.2, 0) is 16.4 Å². The highest BCUT2D eigenvalue weighted by molar-refractivity contribution is 7.92. The maximum absolute atomic E-state index is 13.6. The van der Waals surface area contributed by atoms with Gasteiger partial charge in [0.05, 0.1) is 26.7 Å². The highest BCUT2D eigenvalue weighted by Crippen LogP contribution is 2.33. The van der Waals surface area contributed by atoms with Crippen LogP contribution in [0.4, 0.5) is 5.69 Å². The summed E-state index contributed by atoms with van der Waals surface area (Å²) in [6.07, 6.45) is 2.94. The van der Waals surface area contributed by atoms with Crippen LogP contribution in [0.2, 0.25) is 5.02 Å². The minimum absolute atomic E-state index is 0.0178. The largest absolute Gasteiger partial charge is 0.334 e. The summed E-state index contributed by atoms with van der Waals surface area (Å²) < 4.78 is 29.6. The lowest BCUT2D eigenvalue weighted by atomic mass is 10.0. The number of pyridine rings is 1. The Morgan fingerprint density at radius 1 is 1.00 bits per heavy atom. The van der Waals surface area contributed by atoms with Gasteiger partial charge in [0, 0.05) is 12.7 Å². The zero-order valence-electron chi connectivity index (χ0n) is 16.7. The van der Waals surface area contributed by atoms with Gasteiger partial charge in [-0.05, 0) is 54.8 Å². The number of aromatic nitrogens is 3. The summed E-state index contributed by atoms with van der Waals surface area (Å²) in [5, 5.41) is 0.325. The minimum atomic E-state index is -3.93. The molecule has 4 aromatic rings. The number of anilines is 1. The van der Waals surface area contributed by atoms with E-state index in [9.17, 15) is 18.0 Å². The third kappa shape index (κ3) is 3.21. The quantitative estimate of drug-likeness (QED) is 0.497. The fourth-order valence-corrected chi connectivity index (χ4v) is 5.76. The van der Waals surface area contributed by atoms with Gasteiger partial charge in [0.15, 0.2) is 5.65 Å². The second kappa shape index (κ2) is 7.61. The molecule has 0 aliphatic carbocycles. The molecule has 1 aliphatic heterocycles. The number of aryl methyl sites for hydroxylation is 1. The van der Waals surface area contributed by atoms with Gasteiger partial charge in [0.2, 0.25) is 0 Å². The summed E-state index contributed by atoms with van der Waals surface area (Å²) in [4.78, 5) is 31.2. The van der Waals surface area contributed by atoms with Crippen molar-refractivity contribution >= 4 is 38.3 Å². The fraction of sp³-hybridized carbons (Fsp3) is 0.136. The predicted molar refractivity (Wildman–Crippen MR) is 122 cm³/mol. The van der Waals surface area contributed by atoms with Crippen LogP contribution in [0, 0.1) is 0 Å². The van der Waals surface area contributed by atoms with Crippen molar-refractivity contribution in [1.82, 2.24) is 14.5 Å². The predicted octanol–water partition coefficient (Wildman–Crippen LogP) is 2.87. The number of benzene rings is 2. The second-order valence-electron chi connectivity index (χ2n) is 7.39. The van der Waals surface area contributed by atoms with Crippen LogP contribution < -0.4 is 15.6 Å². The Morgan fingerprint density at radius 3 is 2.66 bits per heavy atom. The van der Waals surface area contributed by atoms with E-state index in [1.54, 1.807) is 18.2 Å². The van der Waals surface area contributed by atoms with E-state index in [2.05, 4.69) is 9.97 Å². The number of nitrogens with zero attached hydrogens (tertiary/aromatic N) is 3. The summed E-state index contributed by atoms with van der Waals surface area (Å²) in [6.45, 7) is 0.348. The first-order chi connectivity index (χ1) is 15.4. The fourth-order valence-electron chi connectivity index (χ4n) is 3.99. The Hall–Kier alpha value is -3.43. The zero-order chi connectivity index (χ0) is 22.5. The number of aromatic amines is 1. The molecule has 0 radical (unpaired) electrons. The molecule has 0 bridgehead atoms. The van der Waals surface area contributed by atoms with Crippen LogP contribution in [-0.4, -0.2) is 29.5 Å². The van der Waals surface area contributed by atoms with Crippen LogP contribution in [0.15, 0.2) is 75.3 Å². The Morgan fingerprint density at radius 2 is 1.81 bits per heavy atom. The Balaban J connectivity index is 1.71. The standard InChI is InChI=1S/C22H17ClN4O4S/c23-17-10-9-15(32(30,31)26-12-4-6-14-5-1-2-8-18(14)26)13-19(17)27-20-16(7-3-11-24-20)21(28)25-22(27)29/h1-3,5,7-11,13H,4,6,12H2,(H,25,28,29). The van der Waals surface area contributed by atoms with Crippen LogP contribution in [0.5, 0.6) is 0 Å². The van der Waals surface area contributed by atoms with Crippen molar-refractivity contribution in [3.63, 3.8) is 0 Å². The van der Waals surface area contributed by atoms with E-state index in [0.717, 1.165) is 16.6 Å². The summed E-state index contributed by atoms with van der Waals surface area (Å²) >= 11 is 6.37. The van der Waals surface area contributed by atoms with Crippen molar-refractivity contribution in [2.75, 3.05) is 10.8 Å². The van der Waals surface area contributed by atoms with E-state index in [1.807, 2.05) is 12.1 Å². The molecule has 0 saturated heterocycles. The third-order valence-corrected chi connectivity index (χ3v) is 7.61. The molecule has 162 valence electrons. The molecule has 5 rings (SSSR count). The molecule has 8 nitrogen and oxygen atoms in total. The number of hydrogen-bond acceptors (Lipinski definition) is 5. The van der Waals surface area contributed by atoms with Crippen LogP contribution in [0.1, 0.15) is 12.0 Å². The molecule has 2 aromatic carbocycles. The molecule has 0 atom stereocenters. The number of para-hydroxylation sites is 1. The number of nitrogens with one attached hydrogen (secondary N) is 1. The Kier molecular flexibility index (Phi) is 4.87. The van der Waals surface area contributed by atoms with Crippen LogP contribution >= 0.6 is 11.6 Å². The number of fused-ring (bicyclic) bond motifs is 2. The Bertz CT molecular complexity index is 1590. The van der Waals surface area contributed by atoms with Gasteiger partial charge in [-0.2, -0.15) is 0 Å². The molecule has 32 heavy (non-hydrogen) atoms. The first kappa shape index (κ1) is 20.5. The topological polar surface area (TPSA) is 105 Å². The lowest BCUT2D eigenvalue weighted by molar-refractivity contribution is 0.586. The smallest absolute Gasteiger partial charge is 0.273 e. The lowest BCUT2D eigenvalue weighted by Gasteiger charge is -2.30. The number of sulfonamides is 1. The van der Waals surface area contributed by atoms with Crippen LogP contribution in [0.25, 0.3) is 16.7 Å². The van der Waals surface area contributed by atoms with E-state index < -0.39 is 21.3 Å². The molecule has 0 amide bonds. The average Bonchev–Trinajstić information content (AvgIpc) is 2.79. The lowest BCUT2D eigenvalue weighted by Crippen LogP contribution is -2.35. The van der Waals surface area contributed by atoms with Crippen molar-refractivity contribution in [2.24, 2.45) is 0 Å². The second-order valence-corrected chi connectivity index (χ2v) is 9.66. The van der Waals surface area contributed by atoms with Gasteiger partial charge in [-0.1, -0.05) is 29.8 Å². The Labute approximate surface area is 187 Å². The third-order valence-electron chi connectivity index (χ3n) is 5.48. The summed E-state index contributed by atoms with van der Waals surface area (Å²) in [6, 6.07) is 14.7. The van der Waals surface area contributed by atoms with E-state index >= 15 is 0 Å². The maximum atomic E-state index is 13.6. The normalized spacial score (nSPS) is 13.8. The van der Waals surface area contributed by atoms with Crippen molar-refractivity contribution < 1.29 is 8.42 Å². The van der Waals surface area contributed by atoms with Crippen molar-refractivity contribution in [3.05, 3.63) is 92.2 Å². The van der Waals surface area contributed by atoms with Crippen molar-refractivity contribution in [3.8, 4) is 5.69 Å². The molecule has 0 unspecified atom stereocenters. The molecule has 0 spiro atoms.